The topological polar surface area (TPSA) is 52.7 Å². The van der Waals surface area contributed by atoms with Crippen molar-refractivity contribution in [3.8, 4) is 0 Å². The van der Waals surface area contributed by atoms with Crippen LogP contribution in [-0.2, 0) is 6.54 Å². The van der Waals surface area contributed by atoms with Crippen molar-refractivity contribution in [2.75, 3.05) is 23.3 Å². The van der Waals surface area contributed by atoms with Crippen LogP contribution in [0.4, 0.5) is 29.3 Å². The third-order valence-corrected chi connectivity index (χ3v) is 5.21. The number of urea groups is 1. The first-order valence-electron chi connectivity index (χ1n) is 10.1. The third kappa shape index (κ3) is 4.74. The maximum Gasteiger partial charge on any atom is 0.324 e. The molecule has 1 N–H and O–H groups in total. The number of amides is 3. The number of nitrogens with zero attached hydrogens (tertiary/aromatic N) is 2. The molecule has 0 aliphatic carbocycles. The molecule has 3 aromatic rings. The van der Waals surface area contributed by atoms with E-state index in [2.05, 4.69) is 5.32 Å². The Labute approximate surface area is 183 Å². The van der Waals surface area contributed by atoms with E-state index in [1.807, 2.05) is 0 Å². The van der Waals surface area contributed by atoms with Crippen molar-refractivity contribution in [3.05, 3.63) is 95.3 Å². The van der Waals surface area contributed by atoms with E-state index < -0.39 is 17.5 Å². The molecule has 4 rings (SSSR count). The summed E-state index contributed by atoms with van der Waals surface area (Å²) in [4.78, 5) is 28.4. The molecule has 0 atom stereocenters. The number of carbonyl (C=O) groups excluding carboxylic acids is 2. The van der Waals surface area contributed by atoms with Crippen LogP contribution >= 0.6 is 0 Å². The minimum atomic E-state index is -0.943. The molecule has 0 aromatic heterocycles. The molecule has 0 saturated carbocycles. The minimum absolute atomic E-state index is 0.179. The number of hydrogen-bond donors (Lipinski definition) is 1. The molecule has 1 aliphatic rings. The third-order valence-electron chi connectivity index (χ3n) is 5.21. The SMILES string of the molecule is O=C(Nc1ccc(N2CCCN(Cc3ccc(F)c(F)c3)C2=O)cc1)c1ccc(F)cc1. The monoisotopic (exact) mass is 439 g/mol. The summed E-state index contributed by atoms with van der Waals surface area (Å²) in [5.74, 6) is -2.66. The lowest BCUT2D eigenvalue weighted by Gasteiger charge is -2.35. The zero-order chi connectivity index (χ0) is 22.7. The van der Waals surface area contributed by atoms with Gasteiger partial charge in [0.05, 0.1) is 0 Å². The Bertz CT molecular complexity index is 1130. The predicted octanol–water partition coefficient (Wildman–Crippen LogP) is 5.19. The average molecular weight is 439 g/mol. The van der Waals surface area contributed by atoms with Gasteiger partial charge in [-0.1, -0.05) is 6.07 Å². The van der Waals surface area contributed by atoms with Crippen molar-refractivity contribution >= 4 is 23.3 Å². The van der Waals surface area contributed by atoms with Crippen LogP contribution in [0.15, 0.2) is 66.7 Å². The zero-order valence-corrected chi connectivity index (χ0v) is 17.0. The van der Waals surface area contributed by atoms with Gasteiger partial charge in [0.1, 0.15) is 5.82 Å². The van der Waals surface area contributed by atoms with Gasteiger partial charge < -0.3 is 10.2 Å². The second-order valence-corrected chi connectivity index (χ2v) is 7.47. The van der Waals surface area contributed by atoms with E-state index >= 15 is 0 Å². The number of carbonyl (C=O) groups is 2. The lowest BCUT2D eigenvalue weighted by molar-refractivity contribution is 0.102. The van der Waals surface area contributed by atoms with Gasteiger partial charge in [-0.05, 0) is 72.6 Å². The van der Waals surface area contributed by atoms with E-state index in [0.29, 0.717) is 35.6 Å². The van der Waals surface area contributed by atoms with Gasteiger partial charge in [0.25, 0.3) is 5.91 Å². The first-order chi connectivity index (χ1) is 15.4. The number of nitrogens with one attached hydrogen (secondary N) is 1. The minimum Gasteiger partial charge on any atom is -0.322 e. The highest BCUT2D eigenvalue weighted by Gasteiger charge is 2.27. The second kappa shape index (κ2) is 9.13. The lowest BCUT2D eigenvalue weighted by atomic mass is 10.1. The molecule has 164 valence electrons. The van der Waals surface area contributed by atoms with Crippen molar-refractivity contribution in [1.29, 1.82) is 0 Å². The molecular weight excluding hydrogens is 419 g/mol. The Hall–Kier alpha value is -3.81. The summed E-state index contributed by atoms with van der Waals surface area (Å²) in [6.45, 7) is 1.22. The van der Waals surface area contributed by atoms with E-state index in [0.717, 1.165) is 18.6 Å². The van der Waals surface area contributed by atoms with Gasteiger partial charge in [-0.3, -0.25) is 9.69 Å². The van der Waals surface area contributed by atoms with Gasteiger partial charge in [0.15, 0.2) is 11.6 Å². The smallest absolute Gasteiger partial charge is 0.322 e. The normalized spacial score (nSPS) is 13.9. The first kappa shape index (κ1) is 21.4. The van der Waals surface area contributed by atoms with Gasteiger partial charge in [-0.15, -0.1) is 0 Å². The molecular formula is C24H20F3N3O2. The molecule has 3 aromatic carbocycles. The van der Waals surface area contributed by atoms with Crippen LogP contribution in [-0.4, -0.2) is 29.9 Å². The van der Waals surface area contributed by atoms with Crippen LogP contribution in [0.2, 0.25) is 0 Å². The number of halogens is 3. The Balaban J connectivity index is 1.42. The first-order valence-corrected chi connectivity index (χ1v) is 10.1. The standard InChI is InChI=1S/C24H20F3N3O2/c25-18-5-3-17(4-6-18)23(31)28-19-7-9-20(10-8-19)30-13-1-12-29(24(30)32)15-16-2-11-21(26)22(27)14-16/h2-11,14H,1,12-13,15H2,(H,28,31). The van der Waals surface area contributed by atoms with Gasteiger partial charge in [-0.2, -0.15) is 0 Å². The van der Waals surface area contributed by atoms with E-state index in [1.165, 1.54) is 30.3 Å². The fourth-order valence-electron chi connectivity index (χ4n) is 3.56. The average Bonchev–Trinajstić information content (AvgIpc) is 2.79. The van der Waals surface area contributed by atoms with Crippen molar-refractivity contribution in [2.45, 2.75) is 13.0 Å². The Morgan fingerprint density at radius 1 is 0.875 bits per heavy atom. The fraction of sp³-hybridized carbons (Fsp3) is 0.167. The maximum atomic E-state index is 13.5. The molecule has 32 heavy (non-hydrogen) atoms. The summed E-state index contributed by atoms with van der Waals surface area (Å²) >= 11 is 0. The summed E-state index contributed by atoms with van der Waals surface area (Å²) in [5, 5.41) is 2.73. The summed E-state index contributed by atoms with van der Waals surface area (Å²) in [7, 11) is 0. The molecule has 0 bridgehead atoms. The molecule has 1 saturated heterocycles. The van der Waals surface area contributed by atoms with Crippen LogP contribution in [0.25, 0.3) is 0 Å². The molecule has 8 heteroatoms. The number of anilines is 2. The van der Waals surface area contributed by atoms with E-state index in [9.17, 15) is 22.8 Å². The van der Waals surface area contributed by atoms with Crippen LogP contribution < -0.4 is 10.2 Å². The van der Waals surface area contributed by atoms with Crippen LogP contribution in [0, 0.1) is 17.5 Å². The summed E-state index contributed by atoms with van der Waals surface area (Å²) in [6.07, 6.45) is 0.721. The number of benzene rings is 3. The summed E-state index contributed by atoms with van der Waals surface area (Å²) < 4.78 is 39.7. The van der Waals surface area contributed by atoms with Gasteiger partial charge in [0, 0.05) is 36.6 Å². The molecule has 0 spiro atoms. The predicted molar refractivity (Wildman–Crippen MR) is 115 cm³/mol. The van der Waals surface area contributed by atoms with Crippen molar-refractivity contribution in [3.63, 3.8) is 0 Å². The molecule has 0 unspecified atom stereocenters. The van der Waals surface area contributed by atoms with Crippen LogP contribution in [0.3, 0.4) is 0 Å². The van der Waals surface area contributed by atoms with E-state index in [-0.39, 0.29) is 18.5 Å². The lowest BCUT2D eigenvalue weighted by Crippen LogP contribution is -2.49. The van der Waals surface area contributed by atoms with Crippen LogP contribution in [0.5, 0.6) is 0 Å². The summed E-state index contributed by atoms with van der Waals surface area (Å²) in [6, 6.07) is 15.4. The highest BCUT2D eigenvalue weighted by atomic mass is 19.2. The molecule has 0 radical (unpaired) electrons. The zero-order valence-electron chi connectivity index (χ0n) is 17.0. The van der Waals surface area contributed by atoms with Gasteiger partial charge >= 0.3 is 6.03 Å². The highest BCUT2D eigenvalue weighted by molar-refractivity contribution is 6.04. The Kier molecular flexibility index (Phi) is 6.11. The number of hydrogen-bond acceptors (Lipinski definition) is 2. The largest absolute Gasteiger partial charge is 0.324 e. The quantitative estimate of drug-likeness (QED) is 0.595. The second-order valence-electron chi connectivity index (χ2n) is 7.47. The molecule has 1 aliphatic heterocycles. The number of rotatable bonds is 5. The summed E-state index contributed by atoms with van der Waals surface area (Å²) in [5.41, 5.74) is 2.03. The van der Waals surface area contributed by atoms with Gasteiger partial charge in [-0.25, -0.2) is 18.0 Å². The van der Waals surface area contributed by atoms with Crippen molar-refractivity contribution in [2.24, 2.45) is 0 Å². The molecule has 1 heterocycles. The highest BCUT2D eigenvalue weighted by Crippen LogP contribution is 2.24. The van der Waals surface area contributed by atoms with Crippen LogP contribution in [0.1, 0.15) is 22.3 Å². The molecule has 1 fully saturated rings. The maximum absolute atomic E-state index is 13.5. The molecule has 5 nitrogen and oxygen atoms in total. The molecule has 3 amide bonds. The Morgan fingerprint density at radius 2 is 1.59 bits per heavy atom. The van der Waals surface area contributed by atoms with E-state index in [1.54, 1.807) is 34.1 Å². The van der Waals surface area contributed by atoms with E-state index in [4.69, 9.17) is 0 Å². The Morgan fingerprint density at radius 3 is 2.28 bits per heavy atom. The van der Waals surface area contributed by atoms with Crippen molar-refractivity contribution < 1.29 is 22.8 Å². The van der Waals surface area contributed by atoms with Gasteiger partial charge in [0.2, 0.25) is 0 Å². The van der Waals surface area contributed by atoms with Crippen molar-refractivity contribution in [1.82, 2.24) is 4.90 Å². The fourth-order valence-corrected chi connectivity index (χ4v) is 3.56.